The predicted molar refractivity (Wildman–Crippen MR) is 64.1 cm³/mol. The highest BCUT2D eigenvalue weighted by Gasteiger charge is 2.10. The maximum atomic E-state index is 11.3. The Hall–Kier alpha value is 0.120. The molecule has 1 unspecified atom stereocenters. The minimum Gasteiger partial charge on any atom is -0.385 e. The van der Waals surface area contributed by atoms with Crippen LogP contribution in [0.5, 0.6) is 0 Å². The molecule has 1 atom stereocenters. The van der Waals surface area contributed by atoms with Gasteiger partial charge in [0.25, 0.3) is 0 Å². The number of nitrogens with one attached hydrogen (secondary N) is 2. The van der Waals surface area contributed by atoms with Gasteiger partial charge in [-0.3, -0.25) is 0 Å². The molecule has 0 bridgehead atoms. The lowest BCUT2D eigenvalue weighted by atomic mass is 10.4. The van der Waals surface area contributed by atoms with Crippen LogP contribution in [-0.4, -0.2) is 47.5 Å². The highest BCUT2D eigenvalue weighted by molar-refractivity contribution is 7.89. The number of rotatable bonds is 8. The largest absolute Gasteiger partial charge is 0.385 e. The quantitative estimate of drug-likeness (QED) is 0.602. The van der Waals surface area contributed by atoms with Crippen molar-refractivity contribution in [3.05, 3.63) is 0 Å². The second kappa shape index (κ2) is 9.35. The molecule has 0 radical (unpaired) electrons. The second-order valence-electron chi connectivity index (χ2n) is 3.20. The zero-order valence-electron chi connectivity index (χ0n) is 9.45. The lowest BCUT2D eigenvalue weighted by Crippen LogP contribution is -2.38. The van der Waals surface area contributed by atoms with Crippen molar-refractivity contribution in [2.75, 3.05) is 33.1 Å². The molecule has 0 spiro atoms. The average molecular weight is 261 g/mol. The van der Waals surface area contributed by atoms with Crippen molar-refractivity contribution < 1.29 is 13.2 Å². The fourth-order valence-electron chi connectivity index (χ4n) is 0.819. The van der Waals surface area contributed by atoms with Crippen LogP contribution in [0.3, 0.4) is 0 Å². The molecule has 0 aromatic heterocycles. The molecule has 5 nitrogen and oxygen atoms in total. The summed E-state index contributed by atoms with van der Waals surface area (Å²) in [6, 6.07) is 0.146. The Morgan fingerprint density at radius 3 is 2.47 bits per heavy atom. The summed E-state index contributed by atoms with van der Waals surface area (Å²) in [4.78, 5) is 0. The Kier molecular flexibility index (Phi) is 10.9. The Morgan fingerprint density at radius 1 is 1.40 bits per heavy atom. The second-order valence-corrected chi connectivity index (χ2v) is 5.13. The van der Waals surface area contributed by atoms with Gasteiger partial charge >= 0.3 is 0 Å². The van der Waals surface area contributed by atoms with Crippen LogP contribution in [0.1, 0.15) is 13.3 Å². The molecule has 0 aromatic carbocycles. The van der Waals surface area contributed by atoms with Gasteiger partial charge in [0.1, 0.15) is 0 Å². The summed E-state index contributed by atoms with van der Waals surface area (Å²) in [5.74, 6) is 0.122. The van der Waals surface area contributed by atoms with E-state index in [4.69, 9.17) is 4.74 Å². The number of ether oxygens (including phenoxy) is 1. The maximum Gasteiger partial charge on any atom is 0.211 e. The average Bonchev–Trinajstić information content (AvgIpc) is 2.14. The molecule has 0 saturated carbocycles. The third-order valence-electron chi connectivity index (χ3n) is 1.86. The van der Waals surface area contributed by atoms with Crippen molar-refractivity contribution in [3.63, 3.8) is 0 Å². The Morgan fingerprint density at radius 2 is 2.00 bits per heavy atom. The van der Waals surface area contributed by atoms with Crippen LogP contribution in [-0.2, 0) is 14.8 Å². The van der Waals surface area contributed by atoms with E-state index in [1.165, 1.54) is 0 Å². The summed E-state index contributed by atoms with van der Waals surface area (Å²) in [7, 11) is 0.225. The van der Waals surface area contributed by atoms with Crippen molar-refractivity contribution in [1.29, 1.82) is 0 Å². The van der Waals surface area contributed by atoms with Crippen LogP contribution in [0.4, 0.5) is 0 Å². The van der Waals surface area contributed by atoms with Crippen LogP contribution < -0.4 is 10.0 Å². The Balaban J connectivity index is 0. The number of halogens is 1. The first-order valence-electron chi connectivity index (χ1n) is 4.65. The molecule has 94 valence electrons. The third-order valence-corrected chi connectivity index (χ3v) is 3.30. The molecule has 0 aromatic rings. The molecule has 0 aliphatic heterocycles. The SMILES string of the molecule is CNC(C)CNS(=O)(=O)CCCOC.Cl. The highest BCUT2D eigenvalue weighted by Crippen LogP contribution is 1.90. The van der Waals surface area contributed by atoms with Gasteiger partial charge in [-0.1, -0.05) is 0 Å². The van der Waals surface area contributed by atoms with E-state index in [9.17, 15) is 8.42 Å². The number of likely N-dealkylation sites (N-methyl/N-ethyl adjacent to an activating group) is 1. The first-order valence-corrected chi connectivity index (χ1v) is 6.30. The molecule has 15 heavy (non-hydrogen) atoms. The van der Waals surface area contributed by atoms with Crippen molar-refractivity contribution >= 4 is 22.4 Å². The lowest BCUT2D eigenvalue weighted by Gasteiger charge is -2.11. The monoisotopic (exact) mass is 260 g/mol. The van der Waals surface area contributed by atoms with Gasteiger partial charge < -0.3 is 10.1 Å². The fraction of sp³-hybridized carbons (Fsp3) is 1.00. The molecule has 0 saturated heterocycles. The van der Waals surface area contributed by atoms with Gasteiger partial charge in [0, 0.05) is 26.3 Å². The minimum atomic E-state index is -3.13. The zero-order valence-corrected chi connectivity index (χ0v) is 11.1. The summed E-state index contributed by atoms with van der Waals surface area (Å²) in [6.45, 7) is 2.81. The van der Waals surface area contributed by atoms with Gasteiger partial charge in [0.05, 0.1) is 5.75 Å². The first-order chi connectivity index (χ1) is 6.52. The summed E-state index contributed by atoms with van der Waals surface area (Å²) in [5.41, 5.74) is 0. The standard InChI is InChI=1S/C8H20N2O3S.ClH/c1-8(9-2)7-10-14(11,12)6-4-5-13-3;/h8-10H,4-7H2,1-3H3;1H. The molecule has 0 aliphatic rings. The molecule has 0 fully saturated rings. The van der Waals surface area contributed by atoms with Gasteiger partial charge in [-0.2, -0.15) is 0 Å². The molecule has 0 rings (SSSR count). The molecule has 7 heteroatoms. The highest BCUT2D eigenvalue weighted by atomic mass is 35.5. The first kappa shape index (κ1) is 17.5. The van der Waals surface area contributed by atoms with E-state index in [0.717, 1.165) is 0 Å². The molecule has 0 heterocycles. The predicted octanol–water partition coefficient (Wildman–Crippen LogP) is -0.0280. The maximum absolute atomic E-state index is 11.3. The summed E-state index contributed by atoms with van der Waals surface area (Å²) >= 11 is 0. The zero-order chi connectivity index (χ0) is 11.0. The van der Waals surface area contributed by atoms with Gasteiger partial charge in [-0.15, -0.1) is 12.4 Å². The van der Waals surface area contributed by atoms with E-state index < -0.39 is 10.0 Å². The summed E-state index contributed by atoms with van der Waals surface area (Å²) < 4.78 is 30.0. The molecular formula is C8H21ClN2O3S. The fourth-order valence-corrected chi connectivity index (χ4v) is 1.97. The Labute approximate surface area is 98.4 Å². The topological polar surface area (TPSA) is 67.4 Å². The van der Waals surface area contributed by atoms with E-state index in [1.807, 2.05) is 6.92 Å². The van der Waals surface area contributed by atoms with Gasteiger partial charge in [-0.05, 0) is 20.4 Å². The number of sulfonamides is 1. The van der Waals surface area contributed by atoms with Crippen LogP contribution in [0.15, 0.2) is 0 Å². The van der Waals surface area contributed by atoms with Crippen LogP contribution in [0.2, 0.25) is 0 Å². The molecular weight excluding hydrogens is 240 g/mol. The van der Waals surface area contributed by atoms with Crippen molar-refractivity contribution in [1.82, 2.24) is 10.0 Å². The van der Waals surface area contributed by atoms with Crippen LogP contribution in [0, 0.1) is 0 Å². The number of methoxy groups -OCH3 is 1. The van der Waals surface area contributed by atoms with Crippen LogP contribution >= 0.6 is 12.4 Å². The smallest absolute Gasteiger partial charge is 0.211 e. The van der Waals surface area contributed by atoms with Gasteiger partial charge in [-0.25, -0.2) is 13.1 Å². The minimum absolute atomic E-state index is 0. The summed E-state index contributed by atoms with van der Waals surface area (Å²) in [6.07, 6.45) is 0.528. The number of hydrogen-bond acceptors (Lipinski definition) is 4. The van der Waals surface area contributed by atoms with Crippen molar-refractivity contribution in [2.45, 2.75) is 19.4 Å². The number of hydrogen-bond donors (Lipinski definition) is 2. The lowest BCUT2D eigenvalue weighted by molar-refractivity contribution is 0.199. The van der Waals surface area contributed by atoms with Gasteiger partial charge in [0.2, 0.25) is 10.0 Å². The third kappa shape index (κ3) is 10.4. The molecule has 2 N–H and O–H groups in total. The van der Waals surface area contributed by atoms with Crippen LogP contribution in [0.25, 0.3) is 0 Å². The van der Waals surface area contributed by atoms with Gasteiger partial charge in [0.15, 0.2) is 0 Å². The molecule has 0 aliphatic carbocycles. The van der Waals surface area contributed by atoms with E-state index in [1.54, 1.807) is 14.2 Å². The van der Waals surface area contributed by atoms with E-state index >= 15 is 0 Å². The van der Waals surface area contributed by atoms with Crippen molar-refractivity contribution in [3.8, 4) is 0 Å². The van der Waals surface area contributed by atoms with E-state index in [2.05, 4.69) is 10.0 Å². The molecule has 0 amide bonds. The van der Waals surface area contributed by atoms with Crippen molar-refractivity contribution in [2.24, 2.45) is 0 Å². The normalized spacial score (nSPS) is 13.3. The summed E-state index contributed by atoms with van der Waals surface area (Å²) in [5, 5.41) is 2.95. The van der Waals surface area contributed by atoms with E-state index in [0.29, 0.717) is 19.6 Å². The Bertz CT molecular complexity index is 234. The van der Waals surface area contributed by atoms with E-state index in [-0.39, 0.29) is 24.2 Å².